The van der Waals surface area contributed by atoms with Crippen molar-refractivity contribution in [3.63, 3.8) is 0 Å². The van der Waals surface area contributed by atoms with Crippen molar-refractivity contribution in [2.75, 3.05) is 10.7 Å². The van der Waals surface area contributed by atoms with Gasteiger partial charge in [0.2, 0.25) is 5.95 Å². The molecule has 8 nitrogen and oxygen atoms in total. The number of anilines is 2. The van der Waals surface area contributed by atoms with Crippen LogP contribution in [0.2, 0.25) is 0 Å². The van der Waals surface area contributed by atoms with Gasteiger partial charge in [0.05, 0.1) is 17.8 Å². The monoisotopic (exact) mass is 273 g/mol. The molecule has 0 amide bonds. The number of rotatable bonds is 5. The summed E-state index contributed by atoms with van der Waals surface area (Å²) in [5.41, 5.74) is 3.07. The number of nitrogen functional groups attached to an aromatic ring is 1. The smallest absolute Gasteiger partial charge is 0.241 e. The van der Waals surface area contributed by atoms with Gasteiger partial charge in [-0.1, -0.05) is 0 Å². The second-order valence-electron chi connectivity index (χ2n) is 4.50. The van der Waals surface area contributed by atoms with Crippen LogP contribution in [0.4, 0.5) is 11.8 Å². The first-order valence-electron chi connectivity index (χ1n) is 6.23. The number of nitrogens with one attached hydrogen (secondary N) is 3. The van der Waals surface area contributed by atoms with E-state index in [1.807, 2.05) is 19.1 Å². The number of nitrogens with zero attached hydrogens (tertiary/aromatic N) is 3. The van der Waals surface area contributed by atoms with Crippen LogP contribution in [0, 0.1) is 0 Å². The lowest BCUT2D eigenvalue weighted by Gasteiger charge is -2.14. The first kappa shape index (κ1) is 12.4. The molecule has 3 aromatic heterocycles. The molecule has 0 aliphatic carbocycles. The van der Waals surface area contributed by atoms with E-state index in [1.165, 1.54) is 0 Å². The van der Waals surface area contributed by atoms with Gasteiger partial charge in [-0.2, -0.15) is 15.1 Å². The first-order chi connectivity index (χ1) is 9.76. The van der Waals surface area contributed by atoms with Crippen LogP contribution in [0.1, 0.15) is 12.7 Å². The highest BCUT2D eigenvalue weighted by molar-refractivity contribution is 5.87. The van der Waals surface area contributed by atoms with Crippen LogP contribution in [0.15, 0.2) is 29.0 Å². The molecular weight excluding hydrogens is 258 g/mol. The molecule has 0 aromatic carbocycles. The normalized spacial score (nSPS) is 12.5. The zero-order chi connectivity index (χ0) is 13.9. The highest BCUT2D eigenvalue weighted by Crippen LogP contribution is 2.21. The topological polar surface area (TPSA) is 118 Å². The number of hydrazine groups is 1. The predicted molar refractivity (Wildman–Crippen MR) is 75.0 cm³/mol. The molecule has 0 aliphatic heterocycles. The highest BCUT2D eigenvalue weighted by atomic mass is 16.3. The molecule has 1 unspecified atom stereocenters. The maximum atomic E-state index is 5.37. The van der Waals surface area contributed by atoms with Gasteiger partial charge in [-0.3, -0.25) is 10.5 Å². The summed E-state index contributed by atoms with van der Waals surface area (Å²) in [5, 5.41) is 10.9. The van der Waals surface area contributed by atoms with Crippen LogP contribution in [-0.2, 0) is 6.42 Å². The minimum Gasteiger partial charge on any atom is -0.469 e. The fourth-order valence-corrected chi connectivity index (χ4v) is 2.02. The molecule has 0 bridgehead atoms. The molecular formula is C12H15N7O. The Balaban J connectivity index is 1.84. The number of aromatic nitrogens is 4. The molecule has 1 atom stereocenters. The lowest BCUT2D eigenvalue weighted by Crippen LogP contribution is -2.20. The third-order valence-electron chi connectivity index (χ3n) is 2.91. The molecule has 3 rings (SSSR count). The number of furan rings is 1. The molecule has 5 N–H and O–H groups in total. The van der Waals surface area contributed by atoms with Crippen molar-refractivity contribution in [2.45, 2.75) is 19.4 Å². The zero-order valence-electron chi connectivity index (χ0n) is 10.9. The summed E-state index contributed by atoms with van der Waals surface area (Å²) in [5.74, 6) is 7.29. The Bertz CT molecular complexity index is 691. The average Bonchev–Trinajstić information content (AvgIpc) is 3.09. The summed E-state index contributed by atoms with van der Waals surface area (Å²) in [7, 11) is 0. The quantitative estimate of drug-likeness (QED) is 0.408. The Morgan fingerprint density at radius 2 is 2.35 bits per heavy atom. The standard InChI is InChI=1S/C12H15N7O/c1-7(5-8-3-2-4-20-8)15-10-9-6-14-19-11(9)17-12(16-10)18-13/h2-4,6-7H,5,13H2,1H3,(H3,14,15,16,17,18,19). The van der Waals surface area contributed by atoms with E-state index in [-0.39, 0.29) is 6.04 Å². The molecule has 0 spiro atoms. The molecule has 0 saturated heterocycles. The second-order valence-corrected chi connectivity index (χ2v) is 4.50. The van der Waals surface area contributed by atoms with E-state index in [0.717, 1.165) is 17.6 Å². The number of aromatic amines is 1. The van der Waals surface area contributed by atoms with Gasteiger partial charge in [-0.05, 0) is 19.1 Å². The van der Waals surface area contributed by atoms with E-state index in [0.29, 0.717) is 17.4 Å². The summed E-state index contributed by atoms with van der Waals surface area (Å²) in [6.45, 7) is 2.05. The van der Waals surface area contributed by atoms with Gasteiger partial charge in [-0.25, -0.2) is 5.84 Å². The predicted octanol–water partition coefficient (Wildman–Crippen LogP) is 1.27. The van der Waals surface area contributed by atoms with E-state index in [1.54, 1.807) is 12.5 Å². The average molecular weight is 273 g/mol. The zero-order valence-corrected chi connectivity index (χ0v) is 10.9. The Kier molecular flexibility index (Phi) is 3.21. The third-order valence-corrected chi connectivity index (χ3v) is 2.91. The Hall–Kier alpha value is -2.61. The fraction of sp³-hybridized carbons (Fsp3) is 0.250. The van der Waals surface area contributed by atoms with Crippen molar-refractivity contribution < 1.29 is 4.42 Å². The molecule has 0 radical (unpaired) electrons. The van der Waals surface area contributed by atoms with Crippen molar-refractivity contribution in [2.24, 2.45) is 5.84 Å². The van der Waals surface area contributed by atoms with Crippen LogP contribution >= 0.6 is 0 Å². The molecule has 3 heterocycles. The third kappa shape index (κ3) is 2.41. The van der Waals surface area contributed by atoms with Crippen molar-refractivity contribution >= 4 is 22.8 Å². The van der Waals surface area contributed by atoms with E-state index in [9.17, 15) is 0 Å². The fourth-order valence-electron chi connectivity index (χ4n) is 2.02. The van der Waals surface area contributed by atoms with Gasteiger partial charge in [0, 0.05) is 12.5 Å². The highest BCUT2D eigenvalue weighted by Gasteiger charge is 2.12. The number of fused-ring (bicyclic) bond motifs is 1. The molecule has 104 valence electrons. The van der Waals surface area contributed by atoms with Gasteiger partial charge >= 0.3 is 0 Å². The SMILES string of the molecule is CC(Cc1ccco1)Nc1nc(NN)nc2[nH]ncc12. The van der Waals surface area contributed by atoms with Crippen molar-refractivity contribution in [3.8, 4) is 0 Å². The maximum Gasteiger partial charge on any atom is 0.241 e. The largest absolute Gasteiger partial charge is 0.469 e. The molecule has 0 aliphatic rings. The maximum absolute atomic E-state index is 5.37. The molecule has 0 fully saturated rings. The van der Waals surface area contributed by atoms with Gasteiger partial charge < -0.3 is 9.73 Å². The number of hydrogen-bond acceptors (Lipinski definition) is 7. The molecule has 8 heteroatoms. The summed E-state index contributed by atoms with van der Waals surface area (Å²) in [6, 6.07) is 3.95. The summed E-state index contributed by atoms with van der Waals surface area (Å²) < 4.78 is 5.34. The van der Waals surface area contributed by atoms with E-state index >= 15 is 0 Å². The minimum atomic E-state index is 0.139. The number of nitrogens with two attached hydrogens (primary N) is 1. The lowest BCUT2D eigenvalue weighted by molar-refractivity contribution is 0.497. The minimum absolute atomic E-state index is 0.139. The van der Waals surface area contributed by atoms with Gasteiger partial charge in [0.25, 0.3) is 0 Å². The van der Waals surface area contributed by atoms with Crippen LogP contribution in [0.25, 0.3) is 11.0 Å². The van der Waals surface area contributed by atoms with E-state index < -0.39 is 0 Å². The van der Waals surface area contributed by atoms with Gasteiger partial charge in [-0.15, -0.1) is 0 Å². The van der Waals surface area contributed by atoms with Crippen LogP contribution in [0.5, 0.6) is 0 Å². The van der Waals surface area contributed by atoms with Gasteiger partial charge in [0.15, 0.2) is 5.65 Å². The summed E-state index contributed by atoms with van der Waals surface area (Å²) in [6.07, 6.45) is 4.09. The Morgan fingerprint density at radius 3 is 3.10 bits per heavy atom. The van der Waals surface area contributed by atoms with Crippen molar-refractivity contribution in [1.29, 1.82) is 0 Å². The second kappa shape index (κ2) is 5.17. The van der Waals surface area contributed by atoms with Crippen molar-refractivity contribution in [1.82, 2.24) is 20.2 Å². The lowest BCUT2D eigenvalue weighted by atomic mass is 10.2. The van der Waals surface area contributed by atoms with Crippen LogP contribution < -0.4 is 16.6 Å². The molecule has 3 aromatic rings. The van der Waals surface area contributed by atoms with Crippen molar-refractivity contribution in [3.05, 3.63) is 30.4 Å². The molecule has 20 heavy (non-hydrogen) atoms. The number of hydrogen-bond donors (Lipinski definition) is 4. The summed E-state index contributed by atoms with van der Waals surface area (Å²) >= 11 is 0. The van der Waals surface area contributed by atoms with Crippen LogP contribution in [-0.4, -0.2) is 26.2 Å². The Labute approximate surface area is 114 Å². The van der Waals surface area contributed by atoms with E-state index in [2.05, 4.69) is 30.9 Å². The number of H-pyrrole nitrogens is 1. The molecule has 0 saturated carbocycles. The Morgan fingerprint density at radius 1 is 1.45 bits per heavy atom. The van der Waals surface area contributed by atoms with Crippen LogP contribution in [0.3, 0.4) is 0 Å². The van der Waals surface area contributed by atoms with E-state index in [4.69, 9.17) is 10.3 Å². The van der Waals surface area contributed by atoms with Gasteiger partial charge in [0.1, 0.15) is 11.6 Å². The summed E-state index contributed by atoms with van der Waals surface area (Å²) in [4.78, 5) is 8.49. The first-order valence-corrected chi connectivity index (χ1v) is 6.23.